The van der Waals surface area contributed by atoms with Crippen LogP contribution in [0.1, 0.15) is 91.9 Å². The number of hydrogen-bond acceptors (Lipinski definition) is 3. The molecule has 0 spiro atoms. The molecule has 2 atom stereocenters. The van der Waals surface area contributed by atoms with Crippen molar-refractivity contribution in [2.24, 2.45) is 0 Å². The van der Waals surface area contributed by atoms with Gasteiger partial charge in [-0.2, -0.15) is 9.68 Å². The van der Waals surface area contributed by atoms with Gasteiger partial charge in [-0.25, -0.2) is 0 Å². The highest BCUT2D eigenvalue weighted by Gasteiger charge is 2.25. The van der Waals surface area contributed by atoms with Gasteiger partial charge in [0.05, 0.1) is 0 Å². The third kappa shape index (κ3) is 10.0. The van der Waals surface area contributed by atoms with Crippen LogP contribution in [-0.4, -0.2) is 17.3 Å². The Bertz CT molecular complexity index is 212. The van der Waals surface area contributed by atoms with E-state index in [1.165, 1.54) is 25.7 Å². The molecule has 0 amide bonds. The molecule has 0 bridgehead atoms. The van der Waals surface area contributed by atoms with E-state index >= 15 is 0 Å². The zero-order chi connectivity index (χ0) is 15.2. The van der Waals surface area contributed by atoms with Crippen molar-refractivity contribution in [1.29, 1.82) is 0 Å². The van der Waals surface area contributed by atoms with Gasteiger partial charge in [0.15, 0.2) is 12.2 Å². The van der Waals surface area contributed by atoms with Crippen LogP contribution in [0.5, 0.6) is 0 Å². The van der Waals surface area contributed by atoms with Gasteiger partial charge < -0.3 is 0 Å². The third-order valence-corrected chi connectivity index (χ3v) is 3.64. The molecule has 20 heavy (non-hydrogen) atoms. The molecule has 0 aliphatic carbocycles. The van der Waals surface area contributed by atoms with Gasteiger partial charge in [-0.05, 0) is 38.5 Å². The molecule has 0 aromatic rings. The second-order valence-corrected chi connectivity index (χ2v) is 5.49. The van der Waals surface area contributed by atoms with Crippen molar-refractivity contribution in [2.45, 2.75) is 104 Å². The Morgan fingerprint density at radius 2 is 1.15 bits per heavy atom. The van der Waals surface area contributed by atoms with Gasteiger partial charge in [-0.1, -0.05) is 53.4 Å². The topological polar surface area (TPSA) is 38.5 Å². The molecule has 0 rings (SSSR count). The monoisotopic (exact) mass is 288 g/mol. The molecule has 0 saturated carbocycles. The van der Waals surface area contributed by atoms with E-state index in [2.05, 4.69) is 13.8 Å². The van der Waals surface area contributed by atoms with Gasteiger partial charge >= 0.3 is 5.09 Å². The SMILES string of the molecule is CCCCCC(CC)O[N+](=O)OC(CC)CCCCC. The molecule has 2 unspecified atom stereocenters. The first-order valence-electron chi connectivity index (χ1n) is 8.48. The highest BCUT2D eigenvalue weighted by atomic mass is 17.0. The number of hydrogen-bond donors (Lipinski definition) is 0. The third-order valence-electron chi connectivity index (χ3n) is 3.64. The Kier molecular flexibility index (Phi) is 12.7. The van der Waals surface area contributed by atoms with Crippen molar-refractivity contribution < 1.29 is 14.8 Å². The number of rotatable bonds is 14. The van der Waals surface area contributed by atoms with Gasteiger partial charge in [0.25, 0.3) is 0 Å². The van der Waals surface area contributed by atoms with E-state index in [-0.39, 0.29) is 12.2 Å². The van der Waals surface area contributed by atoms with Crippen LogP contribution in [0.15, 0.2) is 0 Å². The summed E-state index contributed by atoms with van der Waals surface area (Å²) < 4.78 is 0. The number of unbranched alkanes of at least 4 members (excludes halogenated alkanes) is 4. The number of nitrogens with zero attached hydrogens (tertiary/aromatic N) is 1. The Hall–Kier alpha value is -0.800. The van der Waals surface area contributed by atoms with E-state index in [4.69, 9.17) is 9.68 Å². The Morgan fingerprint density at radius 1 is 0.750 bits per heavy atom. The summed E-state index contributed by atoms with van der Waals surface area (Å²) in [4.78, 5) is 22.4. The van der Waals surface area contributed by atoms with Crippen LogP contribution in [0.25, 0.3) is 0 Å². The molecule has 0 aliphatic rings. The lowest BCUT2D eigenvalue weighted by molar-refractivity contribution is -0.993. The minimum absolute atomic E-state index is 0.0211. The van der Waals surface area contributed by atoms with Crippen molar-refractivity contribution in [3.8, 4) is 0 Å². The lowest BCUT2D eigenvalue weighted by atomic mass is 10.1. The lowest BCUT2D eigenvalue weighted by Gasteiger charge is -2.11. The smallest absolute Gasteiger partial charge is 0.183 e. The predicted molar refractivity (Wildman–Crippen MR) is 82.2 cm³/mol. The second kappa shape index (κ2) is 13.2. The van der Waals surface area contributed by atoms with Crippen molar-refractivity contribution in [3.05, 3.63) is 4.91 Å². The summed E-state index contributed by atoms with van der Waals surface area (Å²) in [5, 5.41) is 0.361. The maximum absolute atomic E-state index is 11.7. The van der Waals surface area contributed by atoms with Gasteiger partial charge in [0, 0.05) is 0 Å². The predicted octanol–water partition coefficient (Wildman–Crippen LogP) is 5.35. The molecule has 0 aromatic carbocycles. The lowest BCUT2D eigenvalue weighted by Crippen LogP contribution is -2.25. The van der Waals surface area contributed by atoms with E-state index in [1.54, 1.807) is 0 Å². The first-order chi connectivity index (χ1) is 9.67. The zero-order valence-electron chi connectivity index (χ0n) is 13.9. The van der Waals surface area contributed by atoms with Crippen LogP contribution >= 0.6 is 0 Å². The van der Waals surface area contributed by atoms with E-state index < -0.39 is 0 Å². The highest BCUT2D eigenvalue weighted by Crippen LogP contribution is 2.14. The summed E-state index contributed by atoms with van der Waals surface area (Å²) in [7, 11) is 0. The normalized spacial score (nSPS) is 13.8. The maximum Gasteiger partial charge on any atom is 0.478 e. The van der Waals surface area contributed by atoms with Crippen LogP contribution in [0.2, 0.25) is 0 Å². The van der Waals surface area contributed by atoms with Gasteiger partial charge in [-0.3, -0.25) is 0 Å². The quantitative estimate of drug-likeness (QED) is 0.319. The molecule has 0 saturated heterocycles. The van der Waals surface area contributed by atoms with Crippen LogP contribution in [0, 0.1) is 4.91 Å². The van der Waals surface area contributed by atoms with Crippen LogP contribution in [-0.2, 0) is 9.68 Å². The molecule has 0 aromatic heterocycles. The molecular weight excluding hydrogens is 254 g/mol. The van der Waals surface area contributed by atoms with Gasteiger partial charge in [0.1, 0.15) is 4.91 Å². The highest BCUT2D eigenvalue weighted by molar-refractivity contribution is 4.54. The van der Waals surface area contributed by atoms with Crippen LogP contribution < -0.4 is 0 Å². The fourth-order valence-electron chi connectivity index (χ4n) is 2.18. The van der Waals surface area contributed by atoms with Crippen molar-refractivity contribution in [3.63, 3.8) is 0 Å². The van der Waals surface area contributed by atoms with Crippen molar-refractivity contribution >= 4 is 0 Å². The summed E-state index contributed by atoms with van der Waals surface area (Å²) in [6, 6.07) is 0. The first kappa shape index (κ1) is 19.2. The molecule has 4 nitrogen and oxygen atoms in total. The standard InChI is InChI=1S/C16H34NO3/c1-5-9-11-13-15(7-3)19-17(18)20-16(8-4)14-12-10-6-2/h15-16H,5-14H2,1-4H3/q+1. The molecule has 0 fully saturated rings. The molecule has 0 aliphatic heterocycles. The second-order valence-electron chi connectivity index (χ2n) is 5.49. The summed E-state index contributed by atoms with van der Waals surface area (Å²) in [6.07, 6.45) is 10.5. The van der Waals surface area contributed by atoms with E-state index in [1.807, 2.05) is 13.8 Å². The van der Waals surface area contributed by atoms with E-state index in [0.717, 1.165) is 38.5 Å². The minimum Gasteiger partial charge on any atom is -0.183 e. The Balaban J connectivity index is 3.96. The fourth-order valence-corrected chi connectivity index (χ4v) is 2.18. The first-order valence-corrected chi connectivity index (χ1v) is 8.48. The van der Waals surface area contributed by atoms with Crippen LogP contribution in [0.3, 0.4) is 0 Å². The van der Waals surface area contributed by atoms with Crippen molar-refractivity contribution in [1.82, 2.24) is 0 Å². The molecule has 0 radical (unpaired) electrons. The van der Waals surface area contributed by atoms with Crippen molar-refractivity contribution in [2.75, 3.05) is 0 Å². The molecule has 120 valence electrons. The molecule has 4 heteroatoms. The Labute approximate surface area is 124 Å². The summed E-state index contributed by atoms with van der Waals surface area (Å²) in [5.74, 6) is 0. The summed E-state index contributed by atoms with van der Waals surface area (Å²) in [6.45, 7) is 8.44. The largest absolute Gasteiger partial charge is 0.478 e. The summed E-state index contributed by atoms with van der Waals surface area (Å²) >= 11 is 0. The van der Waals surface area contributed by atoms with Gasteiger partial charge in [0.2, 0.25) is 0 Å². The van der Waals surface area contributed by atoms with Crippen LogP contribution in [0.4, 0.5) is 0 Å². The molecule has 0 N–H and O–H groups in total. The van der Waals surface area contributed by atoms with E-state index in [9.17, 15) is 4.91 Å². The van der Waals surface area contributed by atoms with E-state index in [0.29, 0.717) is 5.09 Å². The minimum atomic E-state index is -0.0211. The average molecular weight is 288 g/mol. The summed E-state index contributed by atoms with van der Waals surface area (Å²) in [5.41, 5.74) is 0. The molecular formula is C16H34NO3+. The molecule has 0 heterocycles. The fraction of sp³-hybridized carbons (Fsp3) is 1.00. The zero-order valence-corrected chi connectivity index (χ0v) is 13.9. The maximum atomic E-state index is 11.7. The van der Waals surface area contributed by atoms with Gasteiger partial charge in [-0.15, -0.1) is 0 Å². The Morgan fingerprint density at radius 3 is 1.45 bits per heavy atom. The average Bonchev–Trinajstić information content (AvgIpc) is 2.45.